The molecule has 0 saturated heterocycles. The molecular formula is C15H11ClF3NO2. The number of carbonyl (C=O) groups is 1. The Morgan fingerprint density at radius 2 is 1.91 bits per heavy atom. The molecule has 0 aliphatic carbocycles. The number of carbonyl (C=O) groups excluding carboxylic acids is 1. The number of nitrogens with one attached hydrogen (secondary N) is 1. The third-order valence-corrected chi connectivity index (χ3v) is 3.07. The van der Waals surface area contributed by atoms with Gasteiger partial charge in [-0.2, -0.15) is 0 Å². The first-order valence-electron chi connectivity index (χ1n) is 6.21. The van der Waals surface area contributed by atoms with Crippen LogP contribution in [0.4, 0.5) is 18.9 Å². The number of aryl methyl sites for hydroxylation is 1. The van der Waals surface area contributed by atoms with Crippen molar-refractivity contribution in [1.82, 2.24) is 0 Å². The minimum Gasteiger partial charge on any atom is -0.482 e. The molecule has 0 heterocycles. The smallest absolute Gasteiger partial charge is 0.262 e. The fraction of sp³-hybridized carbons (Fsp3) is 0.133. The molecule has 7 heteroatoms. The van der Waals surface area contributed by atoms with E-state index in [1.165, 1.54) is 0 Å². The van der Waals surface area contributed by atoms with Crippen LogP contribution < -0.4 is 10.1 Å². The van der Waals surface area contributed by atoms with Gasteiger partial charge in [-0.05, 0) is 36.8 Å². The van der Waals surface area contributed by atoms with Crippen LogP contribution in [0.15, 0.2) is 30.3 Å². The normalized spacial score (nSPS) is 10.4. The number of benzene rings is 2. The summed E-state index contributed by atoms with van der Waals surface area (Å²) in [4.78, 5) is 11.7. The summed E-state index contributed by atoms with van der Waals surface area (Å²) in [7, 11) is 0. The molecule has 0 fully saturated rings. The van der Waals surface area contributed by atoms with E-state index >= 15 is 0 Å². The lowest BCUT2D eigenvalue weighted by molar-refractivity contribution is -0.118. The van der Waals surface area contributed by atoms with Gasteiger partial charge in [-0.1, -0.05) is 17.7 Å². The highest BCUT2D eigenvalue weighted by Crippen LogP contribution is 2.25. The maximum atomic E-state index is 13.4. The van der Waals surface area contributed by atoms with Gasteiger partial charge >= 0.3 is 0 Å². The summed E-state index contributed by atoms with van der Waals surface area (Å²) >= 11 is 5.90. The summed E-state index contributed by atoms with van der Waals surface area (Å²) in [6.07, 6.45) is 0. The van der Waals surface area contributed by atoms with Crippen LogP contribution in [0.5, 0.6) is 5.75 Å². The first-order chi connectivity index (χ1) is 10.4. The van der Waals surface area contributed by atoms with Crippen molar-refractivity contribution >= 4 is 23.2 Å². The molecule has 1 N–H and O–H groups in total. The molecule has 22 heavy (non-hydrogen) atoms. The molecule has 0 atom stereocenters. The van der Waals surface area contributed by atoms with Gasteiger partial charge in [-0.25, -0.2) is 13.2 Å². The summed E-state index contributed by atoms with van der Waals surface area (Å²) in [5.41, 5.74) is 0.411. The molecule has 1 amide bonds. The van der Waals surface area contributed by atoms with E-state index in [0.29, 0.717) is 16.8 Å². The third kappa shape index (κ3) is 3.71. The largest absolute Gasteiger partial charge is 0.482 e. The maximum absolute atomic E-state index is 13.4. The molecule has 0 unspecified atom stereocenters. The zero-order valence-electron chi connectivity index (χ0n) is 11.4. The van der Waals surface area contributed by atoms with E-state index in [2.05, 4.69) is 5.32 Å². The van der Waals surface area contributed by atoms with Crippen molar-refractivity contribution < 1.29 is 22.7 Å². The van der Waals surface area contributed by atoms with E-state index in [1.54, 1.807) is 18.2 Å². The molecule has 0 bridgehead atoms. The molecule has 2 aromatic carbocycles. The van der Waals surface area contributed by atoms with Crippen molar-refractivity contribution in [2.45, 2.75) is 6.92 Å². The van der Waals surface area contributed by atoms with Crippen molar-refractivity contribution in [2.24, 2.45) is 0 Å². The highest BCUT2D eigenvalue weighted by molar-refractivity contribution is 6.32. The second-order valence-electron chi connectivity index (χ2n) is 4.49. The summed E-state index contributed by atoms with van der Waals surface area (Å²) in [5.74, 6) is -4.90. The van der Waals surface area contributed by atoms with Gasteiger partial charge in [0.05, 0.1) is 10.7 Å². The Balaban J connectivity index is 2.02. The van der Waals surface area contributed by atoms with E-state index in [-0.39, 0.29) is 0 Å². The lowest BCUT2D eigenvalue weighted by atomic mass is 10.2. The second kappa shape index (κ2) is 6.70. The van der Waals surface area contributed by atoms with Crippen LogP contribution in [0.2, 0.25) is 5.02 Å². The standard InChI is InChI=1S/C15H11ClF3NO2/c1-8-2-3-9(16)12(6-8)22-7-13(21)20-11-5-4-10(17)14(18)15(11)19/h2-6H,7H2,1H3,(H,20,21). The van der Waals surface area contributed by atoms with Gasteiger partial charge in [0, 0.05) is 0 Å². The number of halogens is 4. The molecule has 116 valence electrons. The minimum atomic E-state index is -1.65. The van der Waals surface area contributed by atoms with Gasteiger partial charge in [0.1, 0.15) is 5.75 Å². The average Bonchev–Trinajstić information content (AvgIpc) is 2.49. The van der Waals surface area contributed by atoms with E-state index in [4.69, 9.17) is 16.3 Å². The molecule has 0 spiro atoms. The van der Waals surface area contributed by atoms with E-state index in [0.717, 1.165) is 11.6 Å². The average molecular weight is 330 g/mol. The summed E-state index contributed by atoms with van der Waals surface area (Å²) in [6, 6.07) is 6.65. The highest BCUT2D eigenvalue weighted by atomic mass is 35.5. The molecule has 0 aromatic heterocycles. The molecule has 0 radical (unpaired) electrons. The minimum absolute atomic E-state index is 0.294. The number of amides is 1. The van der Waals surface area contributed by atoms with Crippen molar-refractivity contribution in [1.29, 1.82) is 0 Å². The second-order valence-corrected chi connectivity index (χ2v) is 4.90. The van der Waals surface area contributed by atoms with Crippen LogP contribution in [0.3, 0.4) is 0 Å². The number of hydrogen-bond acceptors (Lipinski definition) is 2. The van der Waals surface area contributed by atoms with Gasteiger partial charge in [-0.15, -0.1) is 0 Å². The number of hydrogen-bond donors (Lipinski definition) is 1. The van der Waals surface area contributed by atoms with Crippen LogP contribution in [0.25, 0.3) is 0 Å². The number of anilines is 1. The predicted octanol–water partition coefficient (Wildman–Crippen LogP) is 4.08. The Labute approximate surface area is 129 Å². The van der Waals surface area contributed by atoms with Gasteiger partial charge in [0.15, 0.2) is 24.1 Å². The highest BCUT2D eigenvalue weighted by Gasteiger charge is 2.15. The van der Waals surface area contributed by atoms with Crippen molar-refractivity contribution in [3.63, 3.8) is 0 Å². The Morgan fingerprint density at radius 3 is 2.64 bits per heavy atom. The molecule has 0 aliphatic heterocycles. The monoisotopic (exact) mass is 329 g/mol. The third-order valence-electron chi connectivity index (χ3n) is 2.75. The molecule has 0 aliphatic rings. The number of ether oxygens (including phenoxy) is 1. The first-order valence-corrected chi connectivity index (χ1v) is 6.58. The van der Waals surface area contributed by atoms with Crippen LogP contribution >= 0.6 is 11.6 Å². The molecule has 2 rings (SSSR count). The van der Waals surface area contributed by atoms with Gasteiger partial charge < -0.3 is 10.1 Å². The Hall–Kier alpha value is -2.21. The maximum Gasteiger partial charge on any atom is 0.262 e. The molecule has 0 saturated carbocycles. The molecule has 3 nitrogen and oxygen atoms in total. The summed E-state index contributed by atoms with van der Waals surface area (Å²) in [5, 5.41) is 2.41. The van der Waals surface area contributed by atoms with Crippen LogP contribution in [0, 0.1) is 24.4 Å². The first kappa shape index (κ1) is 16.2. The van der Waals surface area contributed by atoms with Crippen molar-refractivity contribution in [3.8, 4) is 5.75 Å². The van der Waals surface area contributed by atoms with Gasteiger partial charge in [0.2, 0.25) is 0 Å². The Bertz CT molecular complexity index is 722. The van der Waals surface area contributed by atoms with Crippen LogP contribution in [-0.2, 0) is 4.79 Å². The van der Waals surface area contributed by atoms with E-state index in [9.17, 15) is 18.0 Å². The number of rotatable bonds is 4. The van der Waals surface area contributed by atoms with Crippen molar-refractivity contribution in [2.75, 3.05) is 11.9 Å². The zero-order valence-corrected chi connectivity index (χ0v) is 12.2. The van der Waals surface area contributed by atoms with Gasteiger partial charge in [-0.3, -0.25) is 4.79 Å². The summed E-state index contributed by atoms with van der Waals surface area (Å²) < 4.78 is 44.4. The SMILES string of the molecule is Cc1ccc(Cl)c(OCC(=O)Nc2ccc(F)c(F)c2F)c1. The fourth-order valence-electron chi connectivity index (χ4n) is 1.67. The van der Waals surface area contributed by atoms with Crippen LogP contribution in [-0.4, -0.2) is 12.5 Å². The Kier molecular flexibility index (Phi) is 4.92. The molecular weight excluding hydrogens is 319 g/mol. The van der Waals surface area contributed by atoms with Crippen molar-refractivity contribution in [3.05, 3.63) is 58.4 Å². The Morgan fingerprint density at radius 1 is 1.18 bits per heavy atom. The molecule has 2 aromatic rings. The van der Waals surface area contributed by atoms with E-state index < -0.39 is 35.7 Å². The van der Waals surface area contributed by atoms with Crippen LogP contribution in [0.1, 0.15) is 5.56 Å². The quantitative estimate of drug-likeness (QED) is 0.858. The predicted molar refractivity (Wildman–Crippen MR) is 76.6 cm³/mol. The lowest BCUT2D eigenvalue weighted by Crippen LogP contribution is -2.21. The fourth-order valence-corrected chi connectivity index (χ4v) is 1.85. The zero-order chi connectivity index (χ0) is 16.3. The lowest BCUT2D eigenvalue weighted by Gasteiger charge is -2.10. The van der Waals surface area contributed by atoms with Gasteiger partial charge in [0.25, 0.3) is 5.91 Å². The topological polar surface area (TPSA) is 38.3 Å². The van der Waals surface area contributed by atoms with E-state index in [1.807, 2.05) is 6.92 Å². The summed E-state index contributed by atoms with van der Waals surface area (Å²) in [6.45, 7) is 1.36.